The molecular formula is C17H19N3O2. The van der Waals surface area contributed by atoms with Crippen molar-refractivity contribution in [2.45, 2.75) is 24.7 Å². The second-order valence-corrected chi connectivity index (χ2v) is 6.42. The zero-order chi connectivity index (χ0) is 15.2. The van der Waals surface area contributed by atoms with Crippen LogP contribution in [0, 0.1) is 0 Å². The third-order valence-corrected chi connectivity index (χ3v) is 5.32. The van der Waals surface area contributed by atoms with E-state index >= 15 is 0 Å². The molecule has 1 aromatic carbocycles. The molecule has 22 heavy (non-hydrogen) atoms. The van der Waals surface area contributed by atoms with E-state index in [1.807, 2.05) is 0 Å². The van der Waals surface area contributed by atoms with Crippen molar-refractivity contribution in [1.82, 2.24) is 15.1 Å². The molecule has 114 valence electrons. The first-order valence-electron chi connectivity index (χ1n) is 7.78. The van der Waals surface area contributed by atoms with Crippen LogP contribution >= 0.6 is 0 Å². The van der Waals surface area contributed by atoms with Crippen molar-refractivity contribution in [2.24, 2.45) is 0 Å². The van der Waals surface area contributed by atoms with Gasteiger partial charge in [0.15, 0.2) is 0 Å². The largest absolute Gasteiger partial charge is 0.477 e. The van der Waals surface area contributed by atoms with Crippen LogP contribution in [-0.2, 0) is 5.41 Å². The normalized spacial score (nSPS) is 27.0. The maximum absolute atomic E-state index is 10.9. The van der Waals surface area contributed by atoms with Gasteiger partial charge in [-0.3, -0.25) is 5.10 Å². The van der Waals surface area contributed by atoms with Crippen LogP contribution in [-0.4, -0.2) is 45.8 Å². The molecule has 5 heteroatoms. The Kier molecular flexibility index (Phi) is 3.04. The number of fused-ring (bicyclic) bond motifs is 3. The van der Waals surface area contributed by atoms with Crippen molar-refractivity contribution in [3.05, 3.63) is 41.6 Å². The van der Waals surface area contributed by atoms with Gasteiger partial charge in [-0.25, -0.2) is 4.79 Å². The summed E-state index contributed by atoms with van der Waals surface area (Å²) in [6.07, 6.45) is 3.74. The fourth-order valence-electron chi connectivity index (χ4n) is 3.83. The van der Waals surface area contributed by atoms with Crippen LogP contribution in [0.2, 0.25) is 0 Å². The summed E-state index contributed by atoms with van der Waals surface area (Å²) in [5.41, 5.74) is 3.53. The van der Waals surface area contributed by atoms with Gasteiger partial charge < -0.3 is 10.0 Å². The smallest absolute Gasteiger partial charge is 0.353 e. The minimum Gasteiger partial charge on any atom is -0.477 e. The Morgan fingerprint density at radius 2 is 1.77 bits per heavy atom. The van der Waals surface area contributed by atoms with Crippen LogP contribution in [0.3, 0.4) is 0 Å². The first-order valence-corrected chi connectivity index (χ1v) is 7.78. The van der Waals surface area contributed by atoms with Gasteiger partial charge >= 0.3 is 5.97 Å². The summed E-state index contributed by atoms with van der Waals surface area (Å²) >= 11 is 0. The van der Waals surface area contributed by atoms with Gasteiger partial charge in [-0.15, -0.1) is 0 Å². The van der Waals surface area contributed by atoms with E-state index in [0.29, 0.717) is 11.1 Å². The summed E-state index contributed by atoms with van der Waals surface area (Å²) < 4.78 is 0. The van der Waals surface area contributed by atoms with Crippen LogP contribution in [0.4, 0.5) is 0 Å². The van der Waals surface area contributed by atoms with Gasteiger partial charge in [0.2, 0.25) is 0 Å². The van der Waals surface area contributed by atoms with Gasteiger partial charge in [0, 0.05) is 5.56 Å². The van der Waals surface area contributed by atoms with E-state index < -0.39 is 5.97 Å². The minimum atomic E-state index is -0.983. The molecule has 2 aromatic rings. The third-order valence-electron chi connectivity index (χ3n) is 5.32. The number of aromatic carboxylic acids is 1. The highest BCUT2D eigenvalue weighted by molar-refractivity contribution is 5.86. The summed E-state index contributed by atoms with van der Waals surface area (Å²) in [7, 11) is 0. The fraction of sp³-hybridized carbons (Fsp3) is 0.412. The lowest BCUT2D eigenvalue weighted by Crippen LogP contribution is -2.50. The SMILES string of the molecule is O=C(O)c1cc(-c2ccc(C34CCN(CC3)CC4)cc2)n[nH]1. The lowest BCUT2D eigenvalue weighted by atomic mass is 9.67. The molecule has 3 aliphatic rings. The molecule has 0 saturated carbocycles. The number of aromatic amines is 1. The molecule has 3 saturated heterocycles. The second kappa shape index (κ2) is 4.95. The number of aromatic nitrogens is 2. The molecule has 5 nitrogen and oxygen atoms in total. The number of hydrogen-bond donors (Lipinski definition) is 2. The summed E-state index contributed by atoms with van der Waals surface area (Å²) in [4.78, 5) is 13.5. The molecule has 3 fully saturated rings. The van der Waals surface area contributed by atoms with Gasteiger partial charge in [-0.05, 0) is 55.9 Å². The van der Waals surface area contributed by atoms with Crippen LogP contribution in [0.1, 0.15) is 35.3 Å². The van der Waals surface area contributed by atoms with E-state index in [1.54, 1.807) is 6.07 Å². The molecular weight excluding hydrogens is 278 g/mol. The van der Waals surface area contributed by atoms with E-state index in [1.165, 1.54) is 44.5 Å². The molecule has 0 atom stereocenters. The number of carbonyl (C=O) groups is 1. The summed E-state index contributed by atoms with van der Waals surface area (Å²) in [6.45, 7) is 3.63. The van der Waals surface area contributed by atoms with Gasteiger partial charge in [0.1, 0.15) is 5.69 Å². The molecule has 0 radical (unpaired) electrons. The molecule has 4 heterocycles. The number of piperidine rings is 3. The highest BCUT2D eigenvalue weighted by Crippen LogP contribution is 2.43. The van der Waals surface area contributed by atoms with Crippen LogP contribution in [0.5, 0.6) is 0 Å². The van der Waals surface area contributed by atoms with Crippen LogP contribution in [0.25, 0.3) is 11.3 Å². The lowest BCUT2D eigenvalue weighted by Gasteiger charge is -2.48. The highest BCUT2D eigenvalue weighted by atomic mass is 16.4. The Bertz CT molecular complexity index is 683. The van der Waals surface area contributed by atoms with Gasteiger partial charge in [-0.2, -0.15) is 5.10 Å². The van der Waals surface area contributed by atoms with E-state index in [-0.39, 0.29) is 5.69 Å². The predicted octanol–water partition coefficient (Wildman–Crippen LogP) is 2.51. The van der Waals surface area contributed by atoms with E-state index in [0.717, 1.165) is 5.56 Å². The maximum Gasteiger partial charge on any atom is 0.353 e. The average Bonchev–Trinajstić information content (AvgIpc) is 3.07. The molecule has 3 aliphatic heterocycles. The molecule has 2 bridgehead atoms. The van der Waals surface area contributed by atoms with Crippen molar-refractivity contribution in [2.75, 3.05) is 19.6 Å². The van der Waals surface area contributed by atoms with Crippen molar-refractivity contribution in [3.63, 3.8) is 0 Å². The van der Waals surface area contributed by atoms with Crippen LogP contribution < -0.4 is 0 Å². The number of rotatable bonds is 3. The van der Waals surface area contributed by atoms with Gasteiger partial charge in [-0.1, -0.05) is 24.3 Å². The summed E-state index contributed by atoms with van der Waals surface area (Å²) in [5.74, 6) is -0.983. The fourth-order valence-corrected chi connectivity index (χ4v) is 3.83. The van der Waals surface area contributed by atoms with E-state index in [9.17, 15) is 4.79 Å². The average molecular weight is 297 g/mol. The van der Waals surface area contributed by atoms with Gasteiger partial charge in [0.05, 0.1) is 5.69 Å². The number of benzene rings is 1. The number of nitrogens with one attached hydrogen (secondary N) is 1. The Hall–Kier alpha value is -2.14. The van der Waals surface area contributed by atoms with Crippen molar-refractivity contribution in [1.29, 1.82) is 0 Å². The zero-order valence-corrected chi connectivity index (χ0v) is 12.4. The molecule has 0 aliphatic carbocycles. The second-order valence-electron chi connectivity index (χ2n) is 6.42. The Morgan fingerprint density at radius 3 is 2.32 bits per heavy atom. The Morgan fingerprint density at radius 1 is 1.14 bits per heavy atom. The van der Waals surface area contributed by atoms with Crippen molar-refractivity contribution < 1.29 is 9.90 Å². The number of hydrogen-bond acceptors (Lipinski definition) is 3. The molecule has 0 unspecified atom stereocenters. The van der Waals surface area contributed by atoms with Gasteiger partial charge in [0.25, 0.3) is 0 Å². The number of H-pyrrole nitrogens is 1. The summed E-state index contributed by atoms with van der Waals surface area (Å²) in [6, 6.07) is 10.1. The molecule has 2 N–H and O–H groups in total. The van der Waals surface area contributed by atoms with Crippen molar-refractivity contribution in [3.8, 4) is 11.3 Å². The van der Waals surface area contributed by atoms with Crippen molar-refractivity contribution >= 4 is 5.97 Å². The molecule has 5 rings (SSSR count). The quantitative estimate of drug-likeness (QED) is 0.913. The molecule has 0 spiro atoms. The number of nitrogens with zero attached hydrogens (tertiary/aromatic N) is 2. The lowest BCUT2D eigenvalue weighted by molar-refractivity contribution is 0.0690. The first-order chi connectivity index (χ1) is 10.7. The summed E-state index contributed by atoms with van der Waals surface area (Å²) in [5, 5.41) is 15.6. The minimum absolute atomic E-state index is 0.123. The maximum atomic E-state index is 10.9. The standard InChI is InChI=1S/C17H19N3O2/c21-16(22)15-11-14(18-19-15)12-1-3-13(4-2-12)17-5-8-20(9-6-17)10-7-17/h1-4,11H,5-10H2,(H,18,19)(H,21,22). The molecule has 1 aromatic heterocycles. The number of carboxylic acid groups (broad SMARTS) is 1. The topological polar surface area (TPSA) is 69.2 Å². The van der Waals surface area contributed by atoms with Crippen LogP contribution in [0.15, 0.2) is 30.3 Å². The highest BCUT2D eigenvalue weighted by Gasteiger charge is 2.40. The monoisotopic (exact) mass is 297 g/mol. The first kappa shape index (κ1) is 13.5. The van der Waals surface area contributed by atoms with E-state index in [4.69, 9.17) is 5.11 Å². The zero-order valence-electron chi connectivity index (χ0n) is 12.4. The third kappa shape index (κ3) is 2.13. The number of carboxylic acids is 1. The molecule has 0 amide bonds. The Labute approximate surface area is 129 Å². The van der Waals surface area contributed by atoms with E-state index in [2.05, 4.69) is 39.4 Å². The predicted molar refractivity (Wildman–Crippen MR) is 83.0 cm³/mol. The Balaban J connectivity index is 1.61.